The minimum Gasteiger partial charge on any atom is -0.396 e. The number of nitrogens with one attached hydrogen (secondary N) is 1. The highest BCUT2D eigenvalue weighted by Crippen LogP contribution is 2.20. The minimum absolute atomic E-state index is 0.0288. The van der Waals surface area contributed by atoms with Crippen LogP contribution in [0.25, 0.3) is 5.52 Å². The second-order valence-corrected chi connectivity index (χ2v) is 5.14. The zero-order chi connectivity index (χ0) is 14.5. The molecule has 1 atom stereocenters. The van der Waals surface area contributed by atoms with Crippen molar-refractivity contribution in [1.29, 1.82) is 0 Å². The van der Waals surface area contributed by atoms with Crippen LogP contribution in [-0.2, 0) is 4.74 Å². The third kappa shape index (κ3) is 3.26. The molecule has 6 heteroatoms. The highest BCUT2D eigenvalue weighted by Gasteiger charge is 2.13. The summed E-state index contributed by atoms with van der Waals surface area (Å²) in [6.45, 7) is 4.86. The lowest BCUT2D eigenvalue weighted by atomic mass is 10.1. The maximum Gasteiger partial charge on any atom is 0.152 e. The van der Waals surface area contributed by atoms with Crippen LogP contribution in [0.15, 0.2) is 18.5 Å². The first kappa shape index (κ1) is 14.7. The number of aliphatic hydroxyl groups excluding tert-OH is 1. The molecule has 2 heterocycles. The van der Waals surface area contributed by atoms with E-state index in [0.29, 0.717) is 18.9 Å². The van der Waals surface area contributed by atoms with Crippen LogP contribution in [0.4, 0.5) is 5.82 Å². The van der Waals surface area contributed by atoms with Crippen LogP contribution < -0.4 is 5.32 Å². The van der Waals surface area contributed by atoms with Crippen LogP contribution in [0.2, 0.25) is 0 Å². The van der Waals surface area contributed by atoms with Gasteiger partial charge in [0.2, 0.25) is 0 Å². The van der Waals surface area contributed by atoms with Gasteiger partial charge >= 0.3 is 0 Å². The predicted molar refractivity (Wildman–Crippen MR) is 78.1 cm³/mol. The van der Waals surface area contributed by atoms with Crippen molar-refractivity contribution in [2.45, 2.75) is 32.2 Å². The Labute approximate surface area is 118 Å². The molecule has 0 aliphatic rings. The maximum absolute atomic E-state index is 9.10. The lowest BCUT2D eigenvalue weighted by Crippen LogP contribution is -2.26. The number of hydrogen-bond acceptors (Lipinski definition) is 5. The molecule has 2 aromatic heterocycles. The van der Waals surface area contributed by atoms with Gasteiger partial charge < -0.3 is 15.2 Å². The molecule has 0 aliphatic carbocycles. The van der Waals surface area contributed by atoms with Crippen LogP contribution in [-0.4, -0.2) is 46.1 Å². The Morgan fingerprint density at radius 3 is 2.90 bits per heavy atom. The minimum atomic E-state index is 0.0288. The van der Waals surface area contributed by atoms with Gasteiger partial charge in [0.05, 0.1) is 18.3 Å². The van der Waals surface area contributed by atoms with Crippen LogP contribution in [0, 0.1) is 0 Å². The first-order valence-electron chi connectivity index (χ1n) is 6.86. The number of ether oxygens (including phenoxy) is 1. The lowest BCUT2D eigenvalue weighted by molar-refractivity contribution is 0.170. The summed E-state index contributed by atoms with van der Waals surface area (Å²) in [4.78, 5) is 4.37. The first-order chi connectivity index (χ1) is 9.65. The number of fused-ring (bicyclic) bond motifs is 1. The van der Waals surface area contributed by atoms with Gasteiger partial charge in [-0.3, -0.25) is 0 Å². The SMILES string of the molecule is COCC(CCO)Nc1nccn2nc(C(C)C)cc12. The second kappa shape index (κ2) is 6.67. The largest absolute Gasteiger partial charge is 0.396 e. The van der Waals surface area contributed by atoms with Gasteiger partial charge in [-0.15, -0.1) is 0 Å². The molecule has 0 fully saturated rings. The smallest absolute Gasteiger partial charge is 0.152 e. The number of rotatable bonds is 7. The molecule has 0 saturated carbocycles. The van der Waals surface area contributed by atoms with Crippen molar-refractivity contribution in [3.8, 4) is 0 Å². The molecule has 2 rings (SSSR count). The maximum atomic E-state index is 9.10. The average Bonchev–Trinajstić information content (AvgIpc) is 2.84. The molecule has 6 nitrogen and oxygen atoms in total. The quantitative estimate of drug-likeness (QED) is 0.806. The van der Waals surface area contributed by atoms with Crippen molar-refractivity contribution in [2.24, 2.45) is 0 Å². The number of aromatic nitrogens is 3. The van der Waals surface area contributed by atoms with Crippen LogP contribution in [0.5, 0.6) is 0 Å². The molecular weight excluding hydrogens is 256 g/mol. The summed E-state index contributed by atoms with van der Waals surface area (Å²) in [5.74, 6) is 1.14. The van der Waals surface area contributed by atoms with Crippen molar-refractivity contribution >= 4 is 11.3 Å². The lowest BCUT2D eigenvalue weighted by Gasteiger charge is -2.17. The van der Waals surface area contributed by atoms with Gasteiger partial charge in [0.25, 0.3) is 0 Å². The zero-order valence-electron chi connectivity index (χ0n) is 12.2. The molecule has 0 radical (unpaired) electrons. The van der Waals surface area contributed by atoms with E-state index in [1.54, 1.807) is 13.3 Å². The van der Waals surface area contributed by atoms with Gasteiger partial charge in [-0.05, 0) is 18.4 Å². The van der Waals surface area contributed by atoms with Crippen molar-refractivity contribution in [2.75, 3.05) is 25.6 Å². The van der Waals surface area contributed by atoms with Crippen molar-refractivity contribution in [3.63, 3.8) is 0 Å². The van der Waals surface area contributed by atoms with Gasteiger partial charge in [-0.25, -0.2) is 9.50 Å². The summed E-state index contributed by atoms with van der Waals surface area (Å²) >= 11 is 0. The third-order valence-electron chi connectivity index (χ3n) is 3.19. The highest BCUT2D eigenvalue weighted by atomic mass is 16.5. The van der Waals surface area contributed by atoms with E-state index < -0.39 is 0 Å². The van der Waals surface area contributed by atoms with E-state index >= 15 is 0 Å². The summed E-state index contributed by atoms with van der Waals surface area (Å²) < 4.78 is 6.99. The summed E-state index contributed by atoms with van der Waals surface area (Å²) in [7, 11) is 1.65. The molecule has 0 aliphatic heterocycles. The second-order valence-electron chi connectivity index (χ2n) is 5.14. The number of nitrogens with zero attached hydrogens (tertiary/aromatic N) is 3. The van der Waals surface area contributed by atoms with Crippen molar-refractivity contribution in [3.05, 3.63) is 24.2 Å². The summed E-state index contributed by atoms with van der Waals surface area (Å²) in [5.41, 5.74) is 1.97. The van der Waals surface area contributed by atoms with E-state index in [9.17, 15) is 0 Å². The Bertz CT molecular complexity index is 547. The Morgan fingerprint density at radius 2 is 2.25 bits per heavy atom. The van der Waals surface area contributed by atoms with E-state index in [0.717, 1.165) is 17.0 Å². The van der Waals surface area contributed by atoms with Crippen molar-refractivity contribution < 1.29 is 9.84 Å². The van der Waals surface area contributed by atoms with Gasteiger partial charge in [0, 0.05) is 26.1 Å². The Hall–Kier alpha value is -1.66. The van der Waals surface area contributed by atoms with Crippen molar-refractivity contribution in [1.82, 2.24) is 14.6 Å². The molecule has 110 valence electrons. The normalized spacial score (nSPS) is 13.1. The highest BCUT2D eigenvalue weighted by molar-refractivity contribution is 5.68. The molecule has 0 aromatic carbocycles. The Kier molecular flexibility index (Phi) is 4.92. The Balaban J connectivity index is 2.28. The summed E-state index contributed by atoms with van der Waals surface area (Å²) in [6, 6.07) is 2.07. The fourth-order valence-electron chi connectivity index (χ4n) is 2.08. The van der Waals surface area contributed by atoms with E-state index in [2.05, 4.69) is 29.2 Å². The number of anilines is 1. The molecule has 2 N–H and O–H groups in total. The fourth-order valence-corrected chi connectivity index (χ4v) is 2.08. The van der Waals surface area contributed by atoms with Gasteiger partial charge in [0.15, 0.2) is 5.82 Å². The number of hydrogen-bond donors (Lipinski definition) is 2. The van der Waals surface area contributed by atoms with Gasteiger partial charge in [0.1, 0.15) is 5.52 Å². The standard InChI is InChI=1S/C14H22N4O2/c1-10(2)12-8-13-14(15-5-6-18(13)17-12)16-11(4-7-19)9-20-3/h5-6,8,10-11,19H,4,7,9H2,1-3H3,(H,15,16). The topological polar surface area (TPSA) is 71.7 Å². The molecule has 20 heavy (non-hydrogen) atoms. The first-order valence-corrected chi connectivity index (χ1v) is 6.86. The van der Waals surface area contributed by atoms with E-state index in [1.807, 2.05) is 16.8 Å². The molecule has 0 bridgehead atoms. The number of methoxy groups -OCH3 is 1. The van der Waals surface area contributed by atoms with E-state index in [-0.39, 0.29) is 12.6 Å². The summed E-state index contributed by atoms with van der Waals surface area (Å²) in [6.07, 6.45) is 4.17. The molecule has 0 amide bonds. The third-order valence-corrected chi connectivity index (χ3v) is 3.19. The Morgan fingerprint density at radius 1 is 1.45 bits per heavy atom. The molecular formula is C14H22N4O2. The van der Waals surface area contributed by atoms with Crippen LogP contribution >= 0.6 is 0 Å². The molecule has 1 unspecified atom stereocenters. The van der Waals surface area contributed by atoms with E-state index in [4.69, 9.17) is 9.84 Å². The number of aliphatic hydroxyl groups is 1. The monoisotopic (exact) mass is 278 g/mol. The molecule has 0 spiro atoms. The van der Waals surface area contributed by atoms with Crippen LogP contribution in [0.3, 0.4) is 0 Å². The van der Waals surface area contributed by atoms with Gasteiger partial charge in [-0.1, -0.05) is 13.8 Å². The van der Waals surface area contributed by atoms with Crippen LogP contribution in [0.1, 0.15) is 31.9 Å². The van der Waals surface area contributed by atoms with Gasteiger partial charge in [-0.2, -0.15) is 5.10 Å². The zero-order valence-corrected chi connectivity index (χ0v) is 12.2. The fraction of sp³-hybridized carbons (Fsp3) is 0.571. The predicted octanol–water partition coefficient (Wildman–Crippen LogP) is 1.66. The molecule has 0 saturated heterocycles. The van der Waals surface area contributed by atoms with E-state index in [1.165, 1.54) is 0 Å². The summed E-state index contributed by atoms with van der Waals surface area (Å²) in [5, 5.41) is 16.9. The molecule has 2 aromatic rings. The average molecular weight is 278 g/mol.